The van der Waals surface area contributed by atoms with Crippen LogP contribution in [0.4, 0.5) is 16.2 Å². The van der Waals surface area contributed by atoms with Gasteiger partial charge in [-0.25, -0.2) is 4.79 Å². The number of hydrogen-bond acceptors (Lipinski definition) is 4. The average Bonchev–Trinajstić information content (AvgIpc) is 2.97. The van der Waals surface area contributed by atoms with Crippen LogP contribution in [0.15, 0.2) is 18.2 Å². The average molecular weight is 332 g/mol. The van der Waals surface area contributed by atoms with Crippen LogP contribution in [-0.4, -0.2) is 73.4 Å². The monoisotopic (exact) mass is 332 g/mol. The summed E-state index contributed by atoms with van der Waals surface area (Å²) in [5.41, 5.74) is 3.42. The van der Waals surface area contributed by atoms with E-state index in [9.17, 15) is 9.90 Å². The number of carbonyl (C=O) groups is 1. The minimum atomic E-state index is -0.0349. The Morgan fingerprint density at radius 3 is 2.67 bits per heavy atom. The fourth-order valence-corrected chi connectivity index (χ4v) is 3.61. The Bertz CT molecular complexity index is 580. The molecule has 0 aromatic heterocycles. The topological polar surface area (TPSA) is 59.1 Å². The summed E-state index contributed by atoms with van der Waals surface area (Å²) < 4.78 is 0. The highest BCUT2D eigenvalue weighted by molar-refractivity contribution is 5.90. The number of benzene rings is 1. The predicted octanol–water partition coefficient (Wildman–Crippen LogP) is 1.60. The lowest BCUT2D eigenvalue weighted by atomic mass is 10.1. The van der Waals surface area contributed by atoms with Crippen LogP contribution in [0.3, 0.4) is 0 Å². The lowest BCUT2D eigenvalue weighted by molar-refractivity contribution is 0.0766. The molecule has 2 N–H and O–H groups in total. The molecule has 3 rings (SSSR count). The highest BCUT2D eigenvalue weighted by Crippen LogP contribution is 2.29. The van der Waals surface area contributed by atoms with E-state index >= 15 is 0 Å². The van der Waals surface area contributed by atoms with Gasteiger partial charge >= 0.3 is 6.03 Å². The number of rotatable bonds is 4. The van der Waals surface area contributed by atoms with Crippen LogP contribution in [0.2, 0.25) is 0 Å². The van der Waals surface area contributed by atoms with Crippen LogP contribution < -0.4 is 10.2 Å². The molecule has 0 aliphatic carbocycles. The van der Waals surface area contributed by atoms with Crippen LogP contribution in [0.1, 0.15) is 18.9 Å². The number of hydrogen-bond donors (Lipinski definition) is 2. The van der Waals surface area contributed by atoms with E-state index in [2.05, 4.69) is 41.2 Å². The molecule has 2 heterocycles. The van der Waals surface area contributed by atoms with Crippen LogP contribution in [0.25, 0.3) is 0 Å². The summed E-state index contributed by atoms with van der Waals surface area (Å²) in [5, 5.41) is 12.4. The van der Waals surface area contributed by atoms with Gasteiger partial charge in [0.2, 0.25) is 0 Å². The van der Waals surface area contributed by atoms with Crippen molar-refractivity contribution in [3.8, 4) is 0 Å². The molecule has 2 aliphatic heterocycles. The highest BCUT2D eigenvalue weighted by atomic mass is 16.3. The van der Waals surface area contributed by atoms with Crippen LogP contribution in [0, 0.1) is 0 Å². The second-order valence-corrected chi connectivity index (χ2v) is 6.71. The number of piperazine rings is 1. The lowest BCUT2D eigenvalue weighted by Gasteiger charge is -2.38. The van der Waals surface area contributed by atoms with Gasteiger partial charge < -0.3 is 20.2 Å². The molecule has 1 atom stereocenters. The minimum absolute atomic E-state index is 0.0349. The second kappa shape index (κ2) is 7.40. The molecule has 0 bridgehead atoms. The van der Waals surface area contributed by atoms with Gasteiger partial charge in [-0.05, 0) is 30.5 Å². The van der Waals surface area contributed by atoms with Gasteiger partial charge in [-0.15, -0.1) is 0 Å². The number of likely N-dealkylation sites (N-methyl/N-ethyl adjacent to an activating group) is 1. The summed E-state index contributed by atoms with van der Waals surface area (Å²) in [6, 6.07) is 6.34. The smallest absolute Gasteiger partial charge is 0.321 e. The Morgan fingerprint density at radius 2 is 2.00 bits per heavy atom. The molecule has 1 unspecified atom stereocenters. The van der Waals surface area contributed by atoms with Crippen molar-refractivity contribution in [1.29, 1.82) is 0 Å². The number of amides is 2. The number of urea groups is 1. The number of carbonyl (C=O) groups excluding carboxylic acids is 1. The van der Waals surface area contributed by atoms with E-state index in [-0.39, 0.29) is 18.7 Å². The van der Waals surface area contributed by atoms with E-state index in [1.165, 1.54) is 11.3 Å². The van der Waals surface area contributed by atoms with Crippen molar-refractivity contribution in [2.75, 3.05) is 56.6 Å². The third-order valence-corrected chi connectivity index (χ3v) is 5.26. The van der Waals surface area contributed by atoms with Gasteiger partial charge in [0.1, 0.15) is 0 Å². The molecule has 1 saturated heterocycles. The molecule has 1 aromatic carbocycles. The van der Waals surface area contributed by atoms with Crippen molar-refractivity contribution in [2.45, 2.75) is 25.8 Å². The Kier molecular flexibility index (Phi) is 5.26. The Morgan fingerprint density at radius 1 is 1.25 bits per heavy atom. The normalized spacial score (nSPS) is 19.3. The van der Waals surface area contributed by atoms with Gasteiger partial charge in [0.25, 0.3) is 0 Å². The van der Waals surface area contributed by atoms with E-state index < -0.39 is 0 Å². The van der Waals surface area contributed by atoms with Gasteiger partial charge in [-0.3, -0.25) is 4.90 Å². The highest BCUT2D eigenvalue weighted by Gasteiger charge is 2.25. The molecule has 24 heavy (non-hydrogen) atoms. The van der Waals surface area contributed by atoms with Crippen LogP contribution in [0.5, 0.6) is 0 Å². The van der Waals surface area contributed by atoms with Crippen LogP contribution in [-0.2, 0) is 6.42 Å². The number of aliphatic hydroxyl groups excluding tert-OH is 1. The maximum atomic E-state index is 12.5. The zero-order valence-electron chi connectivity index (χ0n) is 14.7. The lowest BCUT2D eigenvalue weighted by Crippen LogP contribution is -2.53. The van der Waals surface area contributed by atoms with Crippen molar-refractivity contribution in [2.24, 2.45) is 0 Å². The minimum Gasteiger partial charge on any atom is -0.395 e. The first-order chi connectivity index (χ1) is 11.6. The number of fused-ring (bicyclic) bond motifs is 1. The summed E-state index contributed by atoms with van der Waals surface area (Å²) in [5.74, 6) is 0. The molecule has 6 heteroatoms. The second-order valence-electron chi connectivity index (χ2n) is 6.71. The largest absolute Gasteiger partial charge is 0.395 e. The molecule has 0 spiro atoms. The summed E-state index contributed by atoms with van der Waals surface area (Å²) in [7, 11) is 2.09. The Hall–Kier alpha value is -1.79. The fraction of sp³-hybridized carbons (Fsp3) is 0.611. The number of nitrogens with zero attached hydrogens (tertiary/aromatic N) is 3. The molecule has 2 aliphatic rings. The molecule has 6 nitrogen and oxygen atoms in total. The van der Waals surface area contributed by atoms with Gasteiger partial charge in [0.15, 0.2) is 0 Å². The van der Waals surface area contributed by atoms with Crippen LogP contribution >= 0.6 is 0 Å². The SMILES string of the molecule is CCC(CO)N1CCN(C(=O)Nc2ccc3c(c2)N(C)CC3)CC1. The fourth-order valence-electron chi connectivity index (χ4n) is 3.61. The third-order valence-electron chi connectivity index (χ3n) is 5.26. The molecular weight excluding hydrogens is 304 g/mol. The quantitative estimate of drug-likeness (QED) is 0.879. The molecular formula is C18H28N4O2. The van der Waals surface area contributed by atoms with Crippen molar-refractivity contribution in [3.05, 3.63) is 23.8 Å². The molecule has 2 amide bonds. The van der Waals surface area contributed by atoms with Gasteiger partial charge in [-0.1, -0.05) is 13.0 Å². The standard InChI is InChI=1S/C18H28N4O2/c1-3-16(13-23)21-8-10-22(11-9-21)18(24)19-15-5-4-14-6-7-20(2)17(14)12-15/h4-5,12,16,23H,3,6-11,13H2,1-2H3,(H,19,24). The van der Waals surface area contributed by atoms with Crippen molar-refractivity contribution >= 4 is 17.4 Å². The Labute approximate surface area is 144 Å². The summed E-state index contributed by atoms with van der Waals surface area (Å²) in [4.78, 5) is 18.9. The first-order valence-electron chi connectivity index (χ1n) is 8.87. The van der Waals surface area contributed by atoms with E-state index in [0.717, 1.165) is 38.2 Å². The zero-order chi connectivity index (χ0) is 17.1. The first-order valence-corrected chi connectivity index (χ1v) is 8.87. The van der Waals surface area contributed by atoms with Gasteiger partial charge in [-0.2, -0.15) is 0 Å². The summed E-state index contributed by atoms with van der Waals surface area (Å²) in [6.45, 7) is 6.35. The third kappa shape index (κ3) is 3.49. The van der Waals surface area contributed by atoms with Crippen molar-refractivity contribution in [1.82, 2.24) is 9.80 Å². The molecule has 0 saturated carbocycles. The molecule has 1 fully saturated rings. The maximum Gasteiger partial charge on any atom is 0.321 e. The van der Waals surface area contributed by atoms with E-state index in [4.69, 9.17) is 0 Å². The van der Waals surface area contributed by atoms with Crippen molar-refractivity contribution in [3.63, 3.8) is 0 Å². The van der Waals surface area contributed by atoms with E-state index in [0.29, 0.717) is 13.1 Å². The van der Waals surface area contributed by atoms with Crippen molar-refractivity contribution < 1.29 is 9.90 Å². The summed E-state index contributed by atoms with van der Waals surface area (Å²) in [6.07, 6.45) is 2.01. The van der Waals surface area contributed by atoms with Gasteiger partial charge in [0, 0.05) is 57.2 Å². The Balaban J connectivity index is 1.56. The maximum absolute atomic E-state index is 12.5. The van der Waals surface area contributed by atoms with E-state index in [1.807, 2.05) is 11.0 Å². The number of aliphatic hydroxyl groups is 1. The molecule has 1 aromatic rings. The summed E-state index contributed by atoms with van der Waals surface area (Å²) >= 11 is 0. The number of nitrogens with one attached hydrogen (secondary N) is 1. The number of anilines is 2. The predicted molar refractivity (Wildman–Crippen MR) is 96.7 cm³/mol. The molecule has 132 valence electrons. The molecule has 0 radical (unpaired) electrons. The van der Waals surface area contributed by atoms with Gasteiger partial charge in [0.05, 0.1) is 6.61 Å². The first kappa shape index (κ1) is 17.0. The van der Waals surface area contributed by atoms with E-state index in [1.54, 1.807) is 0 Å². The zero-order valence-corrected chi connectivity index (χ0v) is 14.7.